The minimum atomic E-state index is 0.185. The van der Waals surface area contributed by atoms with Crippen LogP contribution in [0.4, 0.5) is 0 Å². The van der Waals surface area contributed by atoms with Crippen LogP contribution in [0.1, 0.15) is 33.6 Å². The molecule has 3 atom stereocenters. The molecule has 0 spiro atoms. The van der Waals surface area contributed by atoms with Crippen LogP contribution in [0.5, 0.6) is 0 Å². The van der Waals surface area contributed by atoms with Crippen LogP contribution >= 0.6 is 15.9 Å². The molecule has 1 aliphatic rings. The summed E-state index contributed by atoms with van der Waals surface area (Å²) in [5.74, 6) is 0. The van der Waals surface area contributed by atoms with E-state index in [1.165, 1.54) is 0 Å². The zero-order valence-corrected chi connectivity index (χ0v) is 13.0. The monoisotopic (exact) mass is 308 g/mol. The quantitative estimate of drug-likeness (QED) is 0.534. The molecule has 0 bridgehead atoms. The summed E-state index contributed by atoms with van der Waals surface area (Å²) in [6.45, 7) is 8.80. The number of halogens is 1. The Bertz CT molecular complexity index is 215. The van der Waals surface area contributed by atoms with Gasteiger partial charge < -0.3 is 14.2 Å². The first-order valence-electron chi connectivity index (χ1n) is 6.30. The second-order valence-electron chi connectivity index (χ2n) is 5.80. The van der Waals surface area contributed by atoms with E-state index in [1.807, 2.05) is 0 Å². The summed E-state index contributed by atoms with van der Waals surface area (Å²) in [6.07, 6.45) is 2.56. The maximum absolute atomic E-state index is 5.87. The van der Waals surface area contributed by atoms with Gasteiger partial charge in [-0.1, -0.05) is 36.7 Å². The smallest absolute Gasteiger partial charge is 0.0963 e. The largest absolute Gasteiger partial charge is 0.382 e. The van der Waals surface area contributed by atoms with Crippen LogP contribution < -0.4 is 0 Å². The minimum absolute atomic E-state index is 0.185. The average molecular weight is 309 g/mol. The summed E-state index contributed by atoms with van der Waals surface area (Å²) in [5.41, 5.74) is 0.337. The topological polar surface area (TPSA) is 27.7 Å². The van der Waals surface area contributed by atoms with Gasteiger partial charge in [0.15, 0.2) is 0 Å². The third-order valence-electron chi connectivity index (χ3n) is 2.96. The molecule has 1 fully saturated rings. The van der Waals surface area contributed by atoms with Crippen LogP contribution in [0.3, 0.4) is 0 Å². The van der Waals surface area contributed by atoms with E-state index in [2.05, 4.69) is 36.7 Å². The van der Waals surface area contributed by atoms with Gasteiger partial charge in [-0.2, -0.15) is 0 Å². The van der Waals surface area contributed by atoms with Crippen molar-refractivity contribution < 1.29 is 14.2 Å². The molecule has 0 aromatic rings. The molecule has 0 aromatic heterocycles. The summed E-state index contributed by atoms with van der Waals surface area (Å²) in [4.78, 5) is 0.430. The average Bonchev–Trinajstić information content (AvgIpc) is 2.21. The van der Waals surface area contributed by atoms with Gasteiger partial charge in [0.2, 0.25) is 0 Å². The number of rotatable bonds is 7. The highest BCUT2D eigenvalue weighted by atomic mass is 79.9. The van der Waals surface area contributed by atoms with Crippen LogP contribution in [-0.2, 0) is 14.2 Å². The Morgan fingerprint density at radius 1 is 1.12 bits per heavy atom. The van der Waals surface area contributed by atoms with E-state index in [4.69, 9.17) is 14.2 Å². The van der Waals surface area contributed by atoms with Gasteiger partial charge in [0.1, 0.15) is 0 Å². The van der Waals surface area contributed by atoms with E-state index in [0.717, 1.165) is 19.4 Å². The first-order valence-corrected chi connectivity index (χ1v) is 7.22. The number of methoxy groups -OCH3 is 1. The van der Waals surface area contributed by atoms with E-state index in [-0.39, 0.29) is 12.2 Å². The molecule has 1 saturated carbocycles. The van der Waals surface area contributed by atoms with Gasteiger partial charge in [-0.25, -0.2) is 0 Å². The predicted molar refractivity (Wildman–Crippen MR) is 72.8 cm³/mol. The molecule has 0 radical (unpaired) electrons. The zero-order chi connectivity index (χ0) is 12.9. The van der Waals surface area contributed by atoms with Gasteiger partial charge in [-0.15, -0.1) is 0 Å². The van der Waals surface area contributed by atoms with Crippen molar-refractivity contribution in [1.29, 1.82) is 0 Å². The van der Waals surface area contributed by atoms with Crippen molar-refractivity contribution in [3.8, 4) is 0 Å². The normalized spacial score (nSPS) is 29.1. The molecule has 0 heterocycles. The van der Waals surface area contributed by atoms with Crippen molar-refractivity contribution in [2.24, 2.45) is 5.41 Å². The Balaban J connectivity index is 2.16. The molecule has 3 unspecified atom stereocenters. The van der Waals surface area contributed by atoms with Gasteiger partial charge in [0.25, 0.3) is 0 Å². The van der Waals surface area contributed by atoms with Gasteiger partial charge in [-0.05, 0) is 18.3 Å². The summed E-state index contributed by atoms with van der Waals surface area (Å²) in [6, 6.07) is 0. The lowest BCUT2D eigenvalue weighted by Crippen LogP contribution is -2.51. The molecule has 0 N–H and O–H groups in total. The van der Waals surface area contributed by atoms with Crippen LogP contribution in [0.15, 0.2) is 0 Å². The van der Waals surface area contributed by atoms with Gasteiger partial charge in [0.05, 0.1) is 25.4 Å². The molecule has 0 saturated heterocycles. The molecular formula is C13H25BrO3. The molecular weight excluding hydrogens is 284 g/mol. The third kappa shape index (κ3) is 5.69. The maximum Gasteiger partial charge on any atom is 0.0963 e. The summed E-state index contributed by atoms with van der Waals surface area (Å²) in [5, 5.41) is 0. The van der Waals surface area contributed by atoms with Crippen LogP contribution in [0, 0.1) is 5.41 Å². The van der Waals surface area contributed by atoms with E-state index in [9.17, 15) is 0 Å². The number of hydrogen-bond acceptors (Lipinski definition) is 3. The molecule has 0 amide bonds. The fourth-order valence-electron chi connectivity index (χ4n) is 1.69. The zero-order valence-electron chi connectivity index (χ0n) is 11.4. The molecule has 1 rings (SSSR count). The molecule has 1 aliphatic carbocycles. The van der Waals surface area contributed by atoms with Crippen molar-refractivity contribution in [3.05, 3.63) is 0 Å². The highest BCUT2D eigenvalue weighted by Crippen LogP contribution is 2.33. The third-order valence-corrected chi connectivity index (χ3v) is 3.86. The Morgan fingerprint density at radius 3 is 2.35 bits per heavy atom. The van der Waals surface area contributed by atoms with Crippen LogP contribution in [0.25, 0.3) is 0 Å². The number of hydrogen-bond donors (Lipinski definition) is 0. The lowest BCUT2D eigenvalue weighted by Gasteiger charge is -2.41. The summed E-state index contributed by atoms with van der Waals surface area (Å²) in [7, 11) is 1.69. The Labute approximate surface area is 113 Å². The standard InChI is InChI=1S/C13H25BrO3/c1-13(2,3)5-6-16-11-9-10(14)12(11)17-8-7-15-4/h10-12H,5-9H2,1-4H3. The van der Waals surface area contributed by atoms with E-state index in [1.54, 1.807) is 7.11 Å². The van der Waals surface area contributed by atoms with Crippen molar-refractivity contribution in [2.75, 3.05) is 26.9 Å². The van der Waals surface area contributed by atoms with Crippen molar-refractivity contribution in [1.82, 2.24) is 0 Å². The first-order chi connectivity index (χ1) is 7.94. The predicted octanol–water partition coefficient (Wildman–Crippen LogP) is 3.01. The molecule has 102 valence electrons. The lowest BCUT2D eigenvalue weighted by atomic mass is 9.90. The number of ether oxygens (including phenoxy) is 3. The van der Waals surface area contributed by atoms with E-state index >= 15 is 0 Å². The molecule has 4 heteroatoms. The minimum Gasteiger partial charge on any atom is -0.382 e. The molecule has 0 aliphatic heterocycles. The second-order valence-corrected chi connectivity index (χ2v) is 6.98. The first kappa shape index (κ1) is 15.4. The molecule has 0 aromatic carbocycles. The van der Waals surface area contributed by atoms with E-state index in [0.29, 0.717) is 23.5 Å². The van der Waals surface area contributed by atoms with Crippen LogP contribution in [-0.4, -0.2) is 44.0 Å². The lowest BCUT2D eigenvalue weighted by molar-refractivity contribution is -0.129. The fraction of sp³-hybridized carbons (Fsp3) is 1.00. The summed E-state index contributed by atoms with van der Waals surface area (Å²) < 4.78 is 16.6. The van der Waals surface area contributed by atoms with E-state index < -0.39 is 0 Å². The van der Waals surface area contributed by atoms with Gasteiger partial charge in [0, 0.05) is 18.5 Å². The van der Waals surface area contributed by atoms with Crippen molar-refractivity contribution >= 4 is 15.9 Å². The molecule has 3 nitrogen and oxygen atoms in total. The van der Waals surface area contributed by atoms with Crippen LogP contribution in [0.2, 0.25) is 0 Å². The molecule has 17 heavy (non-hydrogen) atoms. The fourth-order valence-corrected chi connectivity index (χ4v) is 2.55. The second kappa shape index (κ2) is 7.07. The van der Waals surface area contributed by atoms with Crippen molar-refractivity contribution in [3.63, 3.8) is 0 Å². The number of alkyl halides is 1. The van der Waals surface area contributed by atoms with Gasteiger partial charge >= 0.3 is 0 Å². The highest BCUT2D eigenvalue weighted by molar-refractivity contribution is 9.09. The van der Waals surface area contributed by atoms with Gasteiger partial charge in [-0.3, -0.25) is 0 Å². The Hall–Kier alpha value is 0.360. The highest BCUT2D eigenvalue weighted by Gasteiger charge is 2.41. The SMILES string of the molecule is COCCOC1C(Br)CC1OCCC(C)(C)C. The maximum atomic E-state index is 5.87. The Morgan fingerprint density at radius 2 is 1.82 bits per heavy atom. The Kier molecular flexibility index (Phi) is 6.41. The van der Waals surface area contributed by atoms with Crippen molar-refractivity contribution in [2.45, 2.75) is 50.6 Å². The summed E-state index contributed by atoms with van der Waals surface area (Å²) >= 11 is 3.60.